The number of carbonyl (C=O) groups excluding carboxylic acids is 1. The van der Waals surface area contributed by atoms with Gasteiger partial charge >= 0.3 is 0 Å². The van der Waals surface area contributed by atoms with Crippen LogP contribution in [-0.4, -0.2) is 47.1 Å². The zero-order valence-electron chi connectivity index (χ0n) is 15.5. The maximum atomic E-state index is 12.4. The SMILES string of the molecule is CC(C)CN1CC2(CCN(c3noc(-c4ccccc4)n3)CC2)CC1=O. The van der Waals surface area contributed by atoms with Crippen LogP contribution >= 0.6 is 0 Å². The summed E-state index contributed by atoms with van der Waals surface area (Å²) >= 11 is 0. The van der Waals surface area contributed by atoms with Gasteiger partial charge in [0.25, 0.3) is 11.8 Å². The third-order valence-electron chi connectivity index (χ3n) is 5.53. The van der Waals surface area contributed by atoms with Gasteiger partial charge in [-0.25, -0.2) is 0 Å². The van der Waals surface area contributed by atoms with Gasteiger partial charge in [0.05, 0.1) is 0 Å². The fourth-order valence-corrected chi connectivity index (χ4v) is 4.15. The molecule has 3 heterocycles. The van der Waals surface area contributed by atoms with Crippen LogP contribution in [0.2, 0.25) is 0 Å². The quantitative estimate of drug-likeness (QED) is 0.844. The predicted octanol–water partition coefficient (Wildman–Crippen LogP) is 3.21. The molecule has 1 aromatic heterocycles. The number of piperidine rings is 1. The number of aromatic nitrogens is 2. The molecule has 138 valence electrons. The first-order chi connectivity index (χ1) is 12.5. The van der Waals surface area contributed by atoms with Gasteiger partial charge in [0.1, 0.15) is 0 Å². The molecule has 1 spiro atoms. The Morgan fingerprint density at radius 1 is 1.19 bits per heavy atom. The molecule has 2 aromatic rings. The molecule has 0 N–H and O–H groups in total. The number of carbonyl (C=O) groups is 1. The molecule has 2 fully saturated rings. The first kappa shape index (κ1) is 17.1. The van der Waals surface area contributed by atoms with Crippen LogP contribution in [0.1, 0.15) is 33.1 Å². The minimum Gasteiger partial charge on any atom is -0.342 e. The van der Waals surface area contributed by atoms with E-state index < -0.39 is 0 Å². The van der Waals surface area contributed by atoms with Crippen LogP contribution in [-0.2, 0) is 4.79 Å². The van der Waals surface area contributed by atoms with Gasteiger partial charge in [-0.1, -0.05) is 32.0 Å². The second-order valence-corrected chi connectivity index (χ2v) is 8.10. The van der Waals surface area contributed by atoms with Crippen molar-refractivity contribution >= 4 is 11.9 Å². The molecule has 26 heavy (non-hydrogen) atoms. The third-order valence-corrected chi connectivity index (χ3v) is 5.53. The molecule has 4 rings (SSSR count). The fourth-order valence-electron chi connectivity index (χ4n) is 4.15. The number of anilines is 1. The van der Waals surface area contributed by atoms with Gasteiger partial charge < -0.3 is 14.3 Å². The van der Waals surface area contributed by atoms with Gasteiger partial charge in [-0.2, -0.15) is 4.98 Å². The van der Waals surface area contributed by atoms with E-state index in [0.717, 1.165) is 44.6 Å². The second kappa shape index (κ2) is 6.74. The summed E-state index contributed by atoms with van der Waals surface area (Å²) in [4.78, 5) is 21.2. The lowest BCUT2D eigenvalue weighted by molar-refractivity contribution is -0.128. The van der Waals surface area contributed by atoms with Gasteiger partial charge in [0.15, 0.2) is 0 Å². The second-order valence-electron chi connectivity index (χ2n) is 8.10. The van der Waals surface area contributed by atoms with Crippen LogP contribution in [0.5, 0.6) is 0 Å². The van der Waals surface area contributed by atoms with E-state index in [4.69, 9.17) is 4.52 Å². The van der Waals surface area contributed by atoms with Crippen LogP contribution in [0.4, 0.5) is 5.95 Å². The molecular weight excluding hydrogens is 328 g/mol. The Morgan fingerprint density at radius 3 is 2.62 bits per heavy atom. The molecule has 2 aliphatic rings. The van der Waals surface area contributed by atoms with Gasteiger partial charge in [-0.15, -0.1) is 0 Å². The maximum absolute atomic E-state index is 12.4. The number of rotatable bonds is 4. The van der Waals surface area contributed by atoms with Crippen molar-refractivity contribution in [2.75, 3.05) is 31.1 Å². The number of nitrogens with zero attached hydrogens (tertiary/aromatic N) is 4. The number of benzene rings is 1. The van der Waals surface area contributed by atoms with Crippen molar-refractivity contribution in [2.45, 2.75) is 33.1 Å². The zero-order valence-corrected chi connectivity index (χ0v) is 15.5. The van der Waals surface area contributed by atoms with Crippen molar-refractivity contribution in [2.24, 2.45) is 11.3 Å². The predicted molar refractivity (Wildman–Crippen MR) is 99.6 cm³/mol. The summed E-state index contributed by atoms with van der Waals surface area (Å²) in [5.74, 6) is 2.05. The van der Waals surface area contributed by atoms with Crippen LogP contribution in [0.25, 0.3) is 11.5 Å². The lowest BCUT2D eigenvalue weighted by atomic mass is 9.77. The van der Waals surface area contributed by atoms with Crippen molar-refractivity contribution in [3.63, 3.8) is 0 Å². The molecule has 0 radical (unpaired) electrons. The Balaban J connectivity index is 1.40. The summed E-state index contributed by atoms with van der Waals surface area (Å²) in [5, 5.41) is 4.16. The maximum Gasteiger partial charge on any atom is 0.266 e. The summed E-state index contributed by atoms with van der Waals surface area (Å²) in [5.41, 5.74) is 1.07. The van der Waals surface area contributed by atoms with Crippen LogP contribution in [0, 0.1) is 11.3 Å². The van der Waals surface area contributed by atoms with Crippen molar-refractivity contribution in [1.29, 1.82) is 0 Å². The number of likely N-dealkylation sites (tertiary alicyclic amines) is 1. The summed E-state index contributed by atoms with van der Waals surface area (Å²) < 4.78 is 5.43. The van der Waals surface area contributed by atoms with E-state index in [-0.39, 0.29) is 5.41 Å². The minimum atomic E-state index is 0.133. The number of hydrogen-bond donors (Lipinski definition) is 0. The largest absolute Gasteiger partial charge is 0.342 e. The van der Waals surface area contributed by atoms with Crippen molar-refractivity contribution in [1.82, 2.24) is 15.0 Å². The summed E-state index contributed by atoms with van der Waals surface area (Å²) in [6.45, 7) is 7.85. The molecule has 2 aliphatic heterocycles. The van der Waals surface area contributed by atoms with Gasteiger partial charge in [-0.05, 0) is 36.0 Å². The smallest absolute Gasteiger partial charge is 0.266 e. The standard InChI is InChI=1S/C20H26N4O2/c1-15(2)13-24-14-20(12-17(24)25)8-10-23(11-9-20)19-21-18(26-22-19)16-6-4-3-5-7-16/h3-7,15H,8-14H2,1-2H3. The highest BCUT2D eigenvalue weighted by molar-refractivity contribution is 5.79. The van der Waals surface area contributed by atoms with Crippen molar-refractivity contribution in [3.05, 3.63) is 30.3 Å². The van der Waals surface area contributed by atoms with Crippen LogP contribution in [0.3, 0.4) is 0 Å². The Hall–Kier alpha value is -2.37. The number of amides is 1. The minimum absolute atomic E-state index is 0.133. The van der Waals surface area contributed by atoms with Gasteiger partial charge in [0.2, 0.25) is 5.91 Å². The first-order valence-electron chi connectivity index (χ1n) is 9.47. The lowest BCUT2D eigenvalue weighted by Crippen LogP contribution is -2.42. The molecular formula is C20H26N4O2. The Kier molecular flexibility index (Phi) is 4.42. The molecule has 0 saturated carbocycles. The Bertz CT molecular complexity index is 763. The first-order valence-corrected chi connectivity index (χ1v) is 9.47. The van der Waals surface area contributed by atoms with Crippen molar-refractivity contribution in [3.8, 4) is 11.5 Å². The van der Waals surface area contributed by atoms with E-state index in [2.05, 4.69) is 33.8 Å². The third kappa shape index (κ3) is 3.32. The topological polar surface area (TPSA) is 62.5 Å². The highest BCUT2D eigenvalue weighted by Gasteiger charge is 2.45. The summed E-state index contributed by atoms with van der Waals surface area (Å²) in [6.07, 6.45) is 2.69. The van der Waals surface area contributed by atoms with Gasteiger partial charge in [-0.3, -0.25) is 4.79 Å². The Labute approximate surface area is 154 Å². The monoisotopic (exact) mass is 354 g/mol. The van der Waals surface area contributed by atoms with E-state index in [1.165, 1.54) is 0 Å². The van der Waals surface area contributed by atoms with E-state index in [9.17, 15) is 4.79 Å². The molecule has 6 nitrogen and oxygen atoms in total. The lowest BCUT2D eigenvalue weighted by Gasteiger charge is -2.38. The highest BCUT2D eigenvalue weighted by Crippen LogP contribution is 2.41. The molecule has 1 amide bonds. The summed E-state index contributed by atoms with van der Waals surface area (Å²) in [7, 11) is 0. The molecule has 0 aliphatic carbocycles. The average molecular weight is 354 g/mol. The van der Waals surface area contributed by atoms with E-state index in [1.54, 1.807) is 0 Å². The van der Waals surface area contributed by atoms with E-state index in [1.807, 2.05) is 30.3 Å². The van der Waals surface area contributed by atoms with Gasteiger partial charge in [0, 0.05) is 43.6 Å². The Morgan fingerprint density at radius 2 is 1.92 bits per heavy atom. The van der Waals surface area contributed by atoms with E-state index >= 15 is 0 Å². The molecule has 0 atom stereocenters. The average Bonchev–Trinajstić information content (AvgIpc) is 3.22. The molecule has 0 unspecified atom stereocenters. The fraction of sp³-hybridized carbons (Fsp3) is 0.550. The normalized spacial score (nSPS) is 19.7. The van der Waals surface area contributed by atoms with Crippen LogP contribution < -0.4 is 4.90 Å². The number of hydrogen-bond acceptors (Lipinski definition) is 5. The van der Waals surface area contributed by atoms with Crippen molar-refractivity contribution < 1.29 is 9.32 Å². The molecule has 0 bridgehead atoms. The molecule has 2 saturated heterocycles. The van der Waals surface area contributed by atoms with Crippen LogP contribution in [0.15, 0.2) is 34.9 Å². The van der Waals surface area contributed by atoms with E-state index in [0.29, 0.717) is 30.1 Å². The molecule has 6 heteroatoms. The highest BCUT2D eigenvalue weighted by atomic mass is 16.5. The summed E-state index contributed by atoms with van der Waals surface area (Å²) in [6, 6.07) is 9.83. The zero-order chi connectivity index (χ0) is 18.1. The molecule has 1 aromatic carbocycles.